The number of hydrogen-bond acceptors (Lipinski definition) is 1. The van der Waals surface area contributed by atoms with Crippen molar-refractivity contribution in [2.45, 2.75) is 58.9 Å². The van der Waals surface area contributed by atoms with E-state index in [4.69, 9.17) is 0 Å². The van der Waals surface area contributed by atoms with Gasteiger partial charge < -0.3 is 10.2 Å². The van der Waals surface area contributed by atoms with E-state index in [1.54, 1.807) is 0 Å². The van der Waals surface area contributed by atoms with Crippen molar-refractivity contribution in [3.05, 3.63) is 65.7 Å². The molecule has 0 saturated carbocycles. The third-order valence-electron chi connectivity index (χ3n) is 4.59. The van der Waals surface area contributed by atoms with E-state index in [2.05, 4.69) is 24.4 Å². The number of rotatable bonds is 10. The average molecular weight is 353 g/mol. The summed E-state index contributed by atoms with van der Waals surface area (Å²) in [5.41, 5.74) is 3.20. The van der Waals surface area contributed by atoms with Gasteiger partial charge in [-0.05, 0) is 31.0 Å². The predicted octanol–water partition coefficient (Wildman–Crippen LogP) is 6.39. The molecule has 1 N–H and O–H groups in total. The molecule has 0 spiro atoms. The summed E-state index contributed by atoms with van der Waals surface area (Å²) in [6.45, 7) is 5.72. The molecular formula is C23H32N2O. The molecule has 0 radical (unpaired) electrons. The van der Waals surface area contributed by atoms with Gasteiger partial charge in [-0.2, -0.15) is 0 Å². The van der Waals surface area contributed by atoms with Crippen molar-refractivity contribution in [1.29, 1.82) is 0 Å². The van der Waals surface area contributed by atoms with Crippen LogP contribution in [0, 0.1) is 6.92 Å². The van der Waals surface area contributed by atoms with Crippen LogP contribution in [-0.4, -0.2) is 17.5 Å². The first-order chi connectivity index (χ1) is 12.7. The van der Waals surface area contributed by atoms with Gasteiger partial charge in [-0.25, -0.2) is 4.79 Å². The molecule has 0 saturated heterocycles. The van der Waals surface area contributed by atoms with E-state index >= 15 is 0 Å². The second-order valence-electron chi connectivity index (χ2n) is 6.97. The second kappa shape index (κ2) is 11.3. The fourth-order valence-electron chi connectivity index (χ4n) is 2.98. The van der Waals surface area contributed by atoms with E-state index in [0.29, 0.717) is 6.54 Å². The van der Waals surface area contributed by atoms with Crippen LogP contribution < -0.4 is 5.32 Å². The SMILES string of the molecule is CCCCCCCCN(Cc1ccccc1)C(=O)Nc1ccc(C)cc1. The quantitative estimate of drug-likeness (QED) is 0.494. The predicted molar refractivity (Wildman–Crippen MR) is 110 cm³/mol. The number of aryl methyl sites for hydroxylation is 1. The lowest BCUT2D eigenvalue weighted by Gasteiger charge is -2.23. The molecule has 0 aromatic heterocycles. The van der Waals surface area contributed by atoms with Gasteiger partial charge in [0.05, 0.1) is 0 Å². The number of carbonyl (C=O) groups excluding carboxylic acids is 1. The number of carbonyl (C=O) groups is 1. The zero-order valence-corrected chi connectivity index (χ0v) is 16.2. The Balaban J connectivity index is 1.92. The van der Waals surface area contributed by atoms with Crippen LogP contribution in [-0.2, 0) is 6.54 Å². The zero-order valence-electron chi connectivity index (χ0n) is 16.2. The fraction of sp³-hybridized carbons (Fsp3) is 0.435. The van der Waals surface area contributed by atoms with E-state index in [1.165, 1.54) is 37.7 Å². The Morgan fingerprint density at radius 1 is 0.885 bits per heavy atom. The van der Waals surface area contributed by atoms with E-state index in [1.807, 2.05) is 54.3 Å². The molecule has 0 atom stereocenters. The number of urea groups is 1. The van der Waals surface area contributed by atoms with Gasteiger partial charge in [0, 0.05) is 18.8 Å². The van der Waals surface area contributed by atoms with Gasteiger partial charge in [-0.3, -0.25) is 0 Å². The van der Waals surface area contributed by atoms with Crippen LogP contribution in [0.2, 0.25) is 0 Å². The smallest absolute Gasteiger partial charge is 0.320 e. The molecule has 2 aromatic carbocycles. The minimum Gasteiger partial charge on any atom is -0.320 e. The van der Waals surface area contributed by atoms with E-state index < -0.39 is 0 Å². The first kappa shape index (κ1) is 20.0. The highest BCUT2D eigenvalue weighted by atomic mass is 16.2. The molecule has 2 rings (SSSR count). The highest BCUT2D eigenvalue weighted by Crippen LogP contribution is 2.13. The van der Waals surface area contributed by atoms with Crippen LogP contribution in [0.3, 0.4) is 0 Å². The Morgan fingerprint density at radius 2 is 1.54 bits per heavy atom. The molecule has 0 unspecified atom stereocenters. The molecule has 3 heteroatoms. The lowest BCUT2D eigenvalue weighted by atomic mass is 10.1. The highest BCUT2D eigenvalue weighted by Gasteiger charge is 2.14. The summed E-state index contributed by atoms with van der Waals surface area (Å²) < 4.78 is 0. The van der Waals surface area contributed by atoms with Gasteiger partial charge in [-0.1, -0.05) is 87.1 Å². The summed E-state index contributed by atoms with van der Waals surface area (Å²) in [6.07, 6.45) is 7.36. The number of anilines is 1. The number of hydrogen-bond donors (Lipinski definition) is 1. The van der Waals surface area contributed by atoms with Crippen molar-refractivity contribution in [3.8, 4) is 0 Å². The summed E-state index contributed by atoms with van der Waals surface area (Å²) in [5.74, 6) is 0. The summed E-state index contributed by atoms with van der Waals surface area (Å²) >= 11 is 0. The van der Waals surface area contributed by atoms with Crippen molar-refractivity contribution >= 4 is 11.7 Å². The van der Waals surface area contributed by atoms with Gasteiger partial charge in [0.1, 0.15) is 0 Å². The van der Waals surface area contributed by atoms with E-state index in [9.17, 15) is 4.79 Å². The van der Waals surface area contributed by atoms with Crippen LogP contribution in [0.1, 0.15) is 56.6 Å². The topological polar surface area (TPSA) is 32.3 Å². The van der Waals surface area contributed by atoms with Crippen molar-refractivity contribution in [3.63, 3.8) is 0 Å². The molecule has 2 amide bonds. The van der Waals surface area contributed by atoms with Gasteiger partial charge >= 0.3 is 6.03 Å². The lowest BCUT2D eigenvalue weighted by Crippen LogP contribution is -2.35. The van der Waals surface area contributed by atoms with E-state index in [0.717, 1.165) is 24.2 Å². The molecule has 0 aliphatic heterocycles. The minimum atomic E-state index is -0.0220. The van der Waals surface area contributed by atoms with Crippen LogP contribution in [0.25, 0.3) is 0 Å². The molecule has 0 fully saturated rings. The lowest BCUT2D eigenvalue weighted by molar-refractivity contribution is 0.207. The maximum absolute atomic E-state index is 12.8. The third-order valence-corrected chi connectivity index (χ3v) is 4.59. The number of nitrogens with one attached hydrogen (secondary N) is 1. The molecule has 26 heavy (non-hydrogen) atoms. The Hall–Kier alpha value is -2.29. The van der Waals surface area contributed by atoms with Crippen molar-refractivity contribution in [1.82, 2.24) is 4.90 Å². The standard InChI is InChI=1S/C23H32N2O/c1-3-4-5-6-7-11-18-25(19-21-12-9-8-10-13-21)23(26)24-22-16-14-20(2)15-17-22/h8-10,12-17H,3-7,11,18-19H2,1-2H3,(H,24,26). The Bertz CT molecular complexity index is 637. The van der Waals surface area contributed by atoms with Gasteiger partial charge in [0.2, 0.25) is 0 Å². The number of nitrogens with zero attached hydrogens (tertiary/aromatic N) is 1. The average Bonchev–Trinajstić information content (AvgIpc) is 2.66. The van der Waals surface area contributed by atoms with Crippen LogP contribution in [0.15, 0.2) is 54.6 Å². The highest BCUT2D eigenvalue weighted by molar-refractivity contribution is 5.89. The largest absolute Gasteiger partial charge is 0.322 e. The normalized spacial score (nSPS) is 10.5. The van der Waals surface area contributed by atoms with Crippen LogP contribution in [0.4, 0.5) is 10.5 Å². The van der Waals surface area contributed by atoms with Gasteiger partial charge in [0.15, 0.2) is 0 Å². The molecule has 2 aromatic rings. The third kappa shape index (κ3) is 7.30. The van der Waals surface area contributed by atoms with Gasteiger partial charge in [0.25, 0.3) is 0 Å². The molecular weight excluding hydrogens is 320 g/mol. The molecule has 0 bridgehead atoms. The summed E-state index contributed by atoms with van der Waals surface area (Å²) in [6, 6.07) is 18.1. The Morgan fingerprint density at radius 3 is 2.23 bits per heavy atom. The summed E-state index contributed by atoms with van der Waals surface area (Å²) in [4.78, 5) is 14.7. The maximum atomic E-state index is 12.8. The number of amides is 2. The van der Waals surface area contributed by atoms with Crippen molar-refractivity contribution in [2.75, 3.05) is 11.9 Å². The first-order valence-electron chi connectivity index (χ1n) is 9.85. The maximum Gasteiger partial charge on any atom is 0.322 e. The minimum absolute atomic E-state index is 0.0220. The molecule has 3 nitrogen and oxygen atoms in total. The zero-order chi connectivity index (χ0) is 18.6. The Labute approximate surface area is 158 Å². The van der Waals surface area contributed by atoms with Crippen molar-refractivity contribution in [2.24, 2.45) is 0 Å². The number of unbranched alkanes of at least 4 members (excludes halogenated alkanes) is 5. The van der Waals surface area contributed by atoms with Crippen LogP contribution in [0.5, 0.6) is 0 Å². The van der Waals surface area contributed by atoms with E-state index in [-0.39, 0.29) is 6.03 Å². The molecule has 0 aliphatic carbocycles. The summed E-state index contributed by atoms with van der Waals surface area (Å²) in [5, 5.41) is 3.04. The second-order valence-corrected chi connectivity index (χ2v) is 6.97. The van der Waals surface area contributed by atoms with Crippen LogP contribution >= 0.6 is 0 Å². The Kier molecular flexibility index (Phi) is 8.74. The van der Waals surface area contributed by atoms with Crippen molar-refractivity contribution < 1.29 is 4.79 Å². The molecule has 0 aliphatic rings. The van der Waals surface area contributed by atoms with Gasteiger partial charge in [-0.15, -0.1) is 0 Å². The fourth-order valence-corrected chi connectivity index (χ4v) is 2.98. The summed E-state index contributed by atoms with van der Waals surface area (Å²) in [7, 11) is 0. The monoisotopic (exact) mass is 352 g/mol. The molecule has 140 valence electrons. The first-order valence-corrected chi connectivity index (χ1v) is 9.85. The number of benzene rings is 2. The molecule has 0 heterocycles.